The van der Waals surface area contributed by atoms with Crippen LogP contribution in [0.4, 0.5) is 5.69 Å². The Morgan fingerprint density at radius 2 is 1.35 bits per heavy atom. The average molecular weight is 324 g/mol. The van der Waals surface area contributed by atoms with Crippen molar-refractivity contribution in [2.24, 2.45) is 0 Å². The van der Waals surface area contributed by atoms with Gasteiger partial charge in [-0.2, -0.15) is 0 Å². The van der Waals surface area contributed by atoms with Gasteiger partial charge in [-0.05, 0) is 34.9 Å². The minimum Gasteiger partial charge on any atom is -0.398 e. The van der Waals surface area contributed by atoms with Crippen molar-refractivity contribution in [3.8, 4) is 22.3 Å². The number of halogens is 1. The van der Waals surface area contributed by atoms with Gasteiger partial charge in [-0.3, -0.25) is 0 Å². The van der Waals surface area contributed by atoms with E-state index < -0.39 is 0 Å². The Bertz CT molecular complexity index is 718. The zero-order valence-corrected chi connectivity index (χ0v) is 12.5. The molecule has 0 aromatic heterocycles. The zero-order chi connectivity index (χ0) is 13.9. The van der Waals surface area contributed by atoms with Crippen molar-refractivity contribution in [3.63, 3.8) is 0 Å². The molecule has 2 N–H and O–H groups in total. The third-order valence-corrected chi connectivity index (χ3v) is 3.84. The molecule has 0 aliphatic heterocycles. The first-order valence-electron chi connectivity index (χ1n) is 6.45. The molecule has 2 heteroatoms. The Balaban J connectivity index is 2.22. The van der Waals surface area contributed by atoms with E-state index in [-0.39, 0.29) is 0 Å². The van der Waals surface area contributed by atoms with Gasteiger partial charge >= 0.3 is 0 Å². The standard InChI is InChI=1S/C18H14BrN/c19-15-11-9-13(10-12-15)16-7-4-8-17(20)18(16)14-5-2-1-3-6-14/h1-12H,20H2. The number of nitrogens with two attached hydrogens (primary N) is 1. The summed E-state index contributed by atoms with van der Waals surface area (Å²) in [6.45, 7) is 0. The number of anilines is 1. The summed E-state index contributed by atoms with van der Waals surface area (Å²) in [6.07, 6.45) is 0. The molecule has 3 aromatic rings. The van der Waals surface area contributed by atoms with Gasteiger partial charge in [0.25, 0.3) is 0 Å². The van der Waals surface area contributed by atoms with Crippen LogP contribution in [0.1, 0.15) is 0 Å². The lowest BCUT2D eigenvalue weighted by molar-refractivity contribution is 1.56. The molecule has 0 atom stereocenters. The molecule has 0 amide bonds. The molecule has 0 heterocycles. The summed E-state index contributed by atoms with van der Waals surface area (Å²) in [5.41, 5.74) is 11.6. The number of benzene rings is 3. The van der Waals surface area contributed by atoms with Crippen LogP contribution in [0.2, 0.25) is 0 Å². The largest absolute Gasteiger partial charge is 0.398 e. The monoisotopic (exact) mass is 323 g/mol. The first kappa shape index (κ1) is 12.9. The Morgan fingerprint density at radius 1 is 0.650 bits per heavy atom. The van der Waals surface area contributed by atoms with Crippen LogP contribution in [-0.2, 0) is 0 Å². The molecular formula is C18H14BrN. The van der Waals surface area contributed by atoms with Crippen molar-refractivity contribution in [2.75, 3.05) is 5.73 Å². The summed E-state index contributed by atoms with van der Waals surface area (Å²) in [5, 5.41) is 0. The molecule has 0 saturated carbocycles. The third-order valence-electron chi connectivity index (χ3n) is 3.31. The SMILES string of the molecule is Nc1cccc(-c2ccc(Br)cc2)c1-c1ccccc1. The lowest BCUT2D eigenvalue weighted by Crippen LogP contribution is -1.93. The number of hydrogen-bond donors (Lipinski definition) is 1. The fraction of sp³-hybridized carbons (Fsp3) is 0. The van der Waals surface area contributed by atoms with E-state index in [2.05, 4.69) is 46.3 Å². The number of hydrogen-bond acceptors (Lipinski definition) is 1. The molecule has 0 saturated heterocycles. The van der Waals surface area contributed by atoms with Crippen LogP contribution in [0, 0.1) is 0 Å². The van der Waals surface area contributed by atoms with E-state index in [0.717, 1.165) is 26.9 Å². The Labute approximate surface area is 127 Å². The van der Waals surface area contributed by atoms with Gasteiger partial charge in [0.2, 0.25) is 0 Å². The maximum atomic E-state index is 6.21. The zero-order valence-electron chi connectivity index (χ0n) is 10.9. The second kappa shape index (κ2) is 5.51. The van der Waals surface area contributed by atoms with E-state index in [0.29, 0.717) is 0 Å². The number of rotatable bonds is 2. The summed E-state index contributed by atoms with van der Waals surface area (Å²) >= 11 is 3.47. The van der Waals surface area contributed by atoms with Crippen LogP contribution in [0.15, 0.2) is 77.3 Å². The minimum absolute atomic E-state index is 0.802. The van der Waals surface area contributed by atoms with Crippen LogP contribution in [0.3, 0.4) is 0 Å². The normalized spacial score (nSPS) is 10.4. The van der Waals surface area contributed by atoms with E-state index in [1.54, 1.807) is 0 Å². The molecule has 0 unspecified atom stereocenters. The van der Waals surface area contributed by atoms with Gasteiger partial charge in [-0.1, -0.05) is 70.5 Å². The molecular weight excluding hydrogens is 310 g/mol. The minimum atomic E-state index is 0.802. The molecule has 3 aromatic carbocycles. The van der Waals surface area contributed by atoms with Gasteiger partial charge in [0.15, 0.2) is 0 Å². The Morgan fingerprint density at radius 3 is 2.05 bits per heavy atom. The highest BCUT2D eigenvalue weighted by atomic mass is 79.9. The highest BCUT2D eigenvalue weighted by molar-refractivity contribution is 9.10. The van der Waals surface area contributed by atoms with Crippen molar-refractivity contribution in [2.45, 2.75) is 0 Å². The molecule has 0 radical (unpaired) electrons. The lowest BCUT2D eigenvalue weighted by atomic mass is 9.93. The van der Waals surface area contributed by atoms with E-state index in [1.807, 2.05) is 42.5 Å². The van der Waals surface area contributed by atoms with Crippen molar-refractivity contribution in [1.29, 1.82) is 0 Å². The van der Waals surface area contributed by atoms with Gasteiger partial charge < -0.3 is 5.73 Å². The Kier molecular flexibility index (Phi) is 3.57. The summed E-state index contributed by atoms with van der Waals surface area (Å²) in [5.74, 6) is 0. The smallest absolute Gasteiger partial charge is 0.0400 e. The maximum Gasteiger partial charge on any atom is 0.0400 e. The molecule has 98 valence electrons. The van der Waals surface area contributed by atoms with Gasteiger partial charge in [-0.25, -0.2) is 0 Å². The highest BCUT2D eigenvalue weighted by Crippen LogP contribution is 2.36. The molecule has 0 fully saturated rings. The maximum absolute atomic E-state index is 6.21. The van der Waals surface area contributed by atoms with Crippen LogP contribution in [-0.4, -0.2) is 0 Å². The third kappa shape index (κ3) is 2.47. The van der Waals surface area contributed by atoms with Gasteiger partial charge in [0.1, 0.15) is 0 Å². The second-order valence-corrected chi connectivity index (χ2v) is 5.56. The van der Waals surface area contributed by atoms with E-state index in [9.17, 15) is 0 Å². The fourth-order valence-corrected chi connectivity index (χ4v) is 2.63. The summed E-state index contributed by atoms with van der Waals surface area (Å²) in [6, 6.07) is 24.6. The number of nitrogen functional groups attached to an aromatic ring is 1. The summed E-state index contributed by atoms with van der Waals surface area (Å²) in [7, 11) is 0. The first-order chi connectivity index (χ1) is 9.75. The first-order valence-corrected chi connectivity index (χ1v) is 7.25. The lowest BCUT2D eigenvalue weighted by Gasteiger charge is -2.13. The summed E-state index contributed by atoms with van der Waals surface area (Å²) in [4.78, 5) is 0. The van der Waals surface area contributed by atoms with Crippen molar-refractivity contribution < 1.29 is 0 Å². The van der Waals surface area contributed by atoms with Gasteiger partial charge in [0.05, 0.1) is 0 Å². The van der Waals surface area contributed by atoms with Crippen molar-refractivity contribution in [3.05, 3.63) is 77.3 Å². The van der Waals surface area contributed by atoms with Crippen molar-refractivity contribution >= 4 is 21.6 Å². The molecule has 3 rings (SSSR count). The van der Waals surface area contributed by atoms with Crippen LogP contribution in [0.25, 0.3) is 22.3 Å². The van der Waals surface area contributed by atoms with Crippen LogP contribution < -0.4 is 5.73 Å². The predicted molar refractivity (Wildman–Crippen MR) is 89.4 cm³/mol. The second-order valence-electron chi connectivity index (χ2n) is 4.64. The van der Waals surface area contributed by atoms with Gasteiger partial charge in [-0.15, -0.1) is 0 Å². The molecule has 1 nitrogen and oxygen atoms in total. The molecule has 20 heavy (non-hydrogen) atoms. The van der Waals surface area contributed by atoms with E-state index in [1.165, 1.54) is 5.56 Å². The van der Waals surface area contributed by atoms with Gasteiger partial charge in [0, 0.05) is 15.7 Å². The van der Waals surface area contributed by atoms with Crippen molar-refractivity contribution in [1.82, 2.24) is 0 Å². The average Bonchev–Trinajstić information content (AvgIpc) is 2.49. The Hall–Kier alpha value is -2.06. The van der Waals surface area contributed by atoms with Crippen LogP contribution >= 0.6 is 15.9 Å². The molecule has 0 bridgehead atoms. The quantitative estimate of drug-likeness (QED) is 0.631. The van der Waals surface area contributed by atoms with E-state index >= 15 is 0 Å². The topological polar surface area (TPSA) is 26.0 Å². The van der Waals surface area contributed by atoms with E-state index in [4.69, 9.17) is 5.73 Å². The molecule has 0 aliphatic rings. The summed E-state index contributed by atoms with van der Waals surface area (Å²) < 4.78 is 1.08. The highest BCUT2D eigenvalue weighted by Gasteiger charge is 2.10. The van der Waals surface area contributed by atoms with Crippen LogP contribution in [0.5, 0.6) is 0 Å². The fourth-order valence-electron chi connectivity index (χ4n) is 2.37. The molecule has 0 spiro atoms. The predicted octanol–water partition coefficient (Wildman–Crippen LogP) is 5.37. The molecule has 0 aliphatic carbocycles.